The summed E-state index contributed by atoms with van der Waals surface area (Å²) in [6, 6.07) is 12.7. The van der Waals surface area contributed by atoms with Crippen molar-refractivity contribution in [1.29, 1.82) is 0 Å². The van der Waals surface area contributed by atoms with Gasteiger partial charge in [0, 0.05) is 11.3 Å². The third kappa shape index (κ3) is 5.12. The molecule has 2 aromatic carbocycles. The average Bonchev–Trinajstić information content (AvgIpc) is 3.23. The van der Waals surface area contributed by atoms with Gasteiger partial charge in [-0.3, -0.25) is 0 Å². The SMILES string of the molecule is CCOC(=O)c1cccc(NC(=S)NCc2nc(-c3cccc(OC)c3)no2)c1C. The summed E-state index contributed by atoms with van der Waals surface area (Å²) < 4.78 is 15.6. The standard InChI is InChI=1S/C21H22N4O4S/c1-4-28-20(26)16-9-6-10-17(13(16)2)23-21(30)22-12-18-24-19(25-29-18)14-7-5-8-15(11-14)27-3/h5-11H,4,12H2,1-3H3,(H2,22,23,30). The van der Waals surface area contributed by atoms with Gasteiger partial charge in [-0.15, -0.1) is 0 Å². The Hall–Kier alpha value is -3.46. The molecular formula is C21H22N4O4S. The normalized spacial score (nSPS) is 10.4. The molecular weight excluding hydrogens is 404 g/mol. The van der Waals surface area contributed by atoms with E-state index in [1.165, 1.54) is 0 Å². The van der Waals surface area contributed by atoms with E-state index < -0.39 is 0 Å². The largest absolute Gasteiger partial charge is 0.497 e. The minimum atomic E-state index is -0.367. The minimum absolute atomic E-state index is 0.249. The average molecular weight is 426 g/mol. The molecule has 0 aliphatic rings. The molecule has 0 unspecified atom stereocenters. The van der Waals surface area contributed by atoms with Crippen LogP contribution in [0, 0.1) is 6.92 Å². The molecule has 30 heavy (non-hydrogen) atoms. The second-order valence-electron chi connectivity index (χ2n) is 6.25. The van der Waals surface area contributed by atoms with E-state index in [-0.39, 0.29) is 12.5 Å². The van der Waals surface area contributed by atoms with Crippen LogP contribution in [0.1, 0.15) is 28.7 Å². The molecule has 2 N–H and O–H groups in total. The van der Waals surface area contributed by atoms with Crippen LogP contribution >= 0.6 is 12.2 Å². The second-order valence-corrected chi connectivity index (χ2v) is 6.66. The lowest BCUT2D eigenvalue weighted by Gasteiger charge is -2.13. The van der Waals surface area contributed by atoms with Crippen molar-refractivity contribution in [2.75, 3.05) is 19.0 Å². The smallest absolute Gasteiger partial charge is 0.338 e. The number of nitrogens with one attached hydrogen (secondary N) is 2. The summed E-state index contributed by atoms with van der Waals surface area (Å²) in [4.78, 5) is 16.4. The molecule has 0 aliphatic heterocycles. The summed E-state index contributed by atoms with van der Waals surface area (Å²) in [5.41, 5.74) is 2.74. The van der Waals surface area contributed by atoms with Gasteiger partial charge in [-0.05, 0) is 55.9 Å². The quantitative estimate of drug-likeness (QED) is 0.433. The maximum Gasteiger partial charge on any atom is 0.338 e. The van der Waals surface area contributed by atoms with E-state index in [9.17, 15) is 4.79 Å². The zero-order chi connectivity index (χ0) is 21.5. The summed E-state index contributed by atoms with van der Waals surface area (Å²) in [6.45, 7) is 4.17. The summed E-state index contributed by atoms with van der Waals surface area (Å²) in [5, 5.41) is 10.4. The van der Waals surface area contributed by atoms with Crippen molar-refractivity contribution in [3.05, 3.63) is 59.5 Å². The van der Waals surface area contributed by atoms with Crippen LogP contribution in [0.25, 0.3) is 11.4 Å². The highest BCUT2D eigenvalue weighted by molar-refractivity contribution is 7.80. The third-order valence-corrected chi connectivity index (χ3v) is 4.52. The number of ether oxygens (including phenoxy) is 2. The second kappa shape index (κ2) is 9.84. The number of benzene rings is 2. The fourth-order valence-electron chi connectivity index (χ4n) is 2.73. The Balaban J connectivity index is 1.61. The first-order valence-electron chi connectivity index (χ1n) is 9.30. The van der Waals surface area contributed by atoms with Crippen LogP contribution in [0.2, 0.25) is 0 Å². The molecule has 0 fully saturated rings. The van der Waals surface area contributed by atoms with Crippen molar-refractivity contribution in [3.8, 4) is 17.1 Å². The molecule has 1 heterocycles. The van der Waals surface area contributed by atoms with E-state index in [1.54, 1.807) is 26.2 Å². The van der Waals surface area contributed by atoms with Gasteiger partial charge in [0.05, 0.1) is 25.8 Å². The van der Waals surface area contributed by atoms with Gasteiger partial charge in [0.15, 0.2) is 5.11 Å². The predicted octanol–water partition coefficient (Wildman–Crippen LogP) is 3.72. The number of hydrogen-bond donors (Lipinski definition) is 2. The van der Waals surface area contributed by atoms with Crippen LogP contribution in [0.15, 0.2) is 47.0 Å². The van der Waals surface area contributed by atoms with Gasteiger partial charge >= 0.3 is 5.97 Å². The van der Waals surface area contributed by atoms with Crippen LogP contribution in [0.4, 0.5) is 5.69 Å². The van der Waals surface area contributed by atoms with Crippen LogP contribution in [0.5, 0.6) is 5.75 Å². The number of hydrogen-bond acceptors (Lipinski definition) is 7. The van der Waals surface area contributed by atoms with Crippen LogP contribution in [-0.2, 0) is 11.3 Å². The first kappa shape index (κ1) is 21.3. The number of carbonyl (C=O) groups excluding carboxylic acids is 1. The first-order chi connectivity index (χ1) is 14.5. The van der Waals surface area contributed by atoms with E-state index in [0.717, 1.165) is 11.1 Å². The summed E-state index contributed by atoms with van der Waals surface area (Å²) >= 11 is 5.34. The van der Waals surface area contributed by atoms with Crippen LogP contribution < -0.4 is 15.4 Å². The molecule has 0 saturated carbocycles. The van der Waals surface area contributed by atoms with E-state index in [1.807, 2.05) is 37.3 Å². The summed E-state index contributed by atoms with van der Waals surface area (Å²) in [6.07, 6.45) is 0. The number of rotatable bonds is 7. The summed E-state index contributed by atoms with van der Waals surface area (Å²) in [7, 11) is 1.60. The fourth-order valence-corrected chi connectivity index (χ4v) is 2.91. The van der Waals surface area contributed by atoms with Crippen molar-refractivity contribution in [2.24, 2.45) is 0 Å². The van der Waals surface area contributed by atoms with Crippen molar-refractivity contribution in [1.82, 2.24) is 15.5 Å². The van der Waals surface area contributed by atoms with Gasteiger partial charge in [0.1, 0.15) is 5.75 Å². The molecule has 9 heteroatoms. The highest BCUT2D eigenvalue weighted by atomic mass is 32.1. The lowest BCUT2D eigenvalue weighted by molar-refractivity contribution is 0.0525. The van der Waals surface area contributed by atoms with Gasteiger partial charge in [-0.2, -0.15) is 4.98 Å². The number of methoxy groups -OCH3 is 1. The minimum Gasteiger partial charge on any atom is -0.497 e. The predicted molar refractivity (Wildman–Crippen MR) is 116 cm³/mol. The number of nitrogens with zero attached hydrogens (tertiary/aromatic N) is 2. The molecule has 3 aromatic rings. The van der Waals surface area contributed by atoms with Crippen molar-refractivity contribution < 1.29 is 18.8 Å². The van der Waals surface area contributed by atoms with Gasteiger partial charge in [0.25, 0.3) is 0 Å². The molecule has 0 spiro atoms. The molecule has 8 nitrogen and oxygen atoms in total. The van der Waals surface area contributed by atoms with Gasteiger partial charge in [0.2, 0.25) is 11.7 Å². The highest BCUT2D eigenvalue weighted by Crippen LogP contribution is 2.22. The van der Waals surface area contributed by atoms with Gasteiger partial charge < -0.3 is 24.6 Å². The van der Waals surface area contributed by atoms with Crippen LogP contribution in [-0.4, -0.2) is 34.9 Å². The van der Waals surface area contributed by atoms with Gasteiger partial charge in [-0.1, -0.05) is 23.4 Å². The molecule has 0 atom stereocenters. The number of esters is 1. The molecule has 0 amide bonds. The number of aromatic nitrogens is 2. The third-order valence-electron chi connectivity index (χ3n) is 4.27. The van der Waals surface area contributed by atoms with Crippen molar-refractivity contribution >= 4 is 29.0 Å². The number of anilines is 1. The van der Waals surface area contributed by atoms with E-state index in [0.29, 0.717) is 40.4 Å². The van der Waals surface area contributed by atoms with Crippen molar-refractivity contribution in [2.45, 2.75) is 20.4 Å². The Morgan fingerprint density at radius 3 is 2.80 bits per heavy atom. The zero-order valence-electron chi connectivity index (χ0n) is 16.9. The van der Waals surface area contributed by atoms with E-state index >= 15 is 0 Å². The molecule has 3 rings (SSSR count). The highest BCUT2D eigenvalue weighted by Gasteiger charge is 2.14. The van der Waals surface area contributed by atoms with Crippen LogP contribution in [0.3, 0.4) is 0 Å². The van der Waals surface area contributed by atoms with Crippen molar-refractivity contribution in [3.63, 3.8) is 0 Å². The van der Waals surface area contributed by atoms with E-state index in [2.05, 4.69) is 20.8 Å². The lowest BCUT2D eigenvalue weighted by Crippen LogP contribution is -2.28. The Morgan fingerprint density at radius 1 is 1.23 bits per heavy atom. The topological polar surface area (TPSA) is 98.5 Å². The number of carbonyl (C=O) groups is 1. The Morgan fingerprint density at radius 2 is 2.03 bits per heavy atom. The molecule has 0 saturated heterocycles. The maximum atomic E-state index is 12.0. The first-order valence-corrected chi connectivity index (χ1v) is 9.71. The summed E-state index contributed by atoms with van der Waals surface area (Å²) in [5.74, 6) is 1.19. The molecule has 0 bridgehead atoms. The van der Waals surface area contributed by atoms with E-state index in [4.69, 9.17) is 26.2 Å². The fraction of sp³-hybridized carbons (Fsp3) is 0.238. The Labute approximate surface area is 179 Å². The Kier molecular flexibility index (Phi) is 6.97. The maximum absolute atomic E-state index is 12.0. The molecule has 156 valence electrons. The molecule has 0 radical (unpaired) electrons. The lowest BCUT2D eigenvalue weighted by atomic mass is 10.1. The monoisotopic (exact) mass is 426 g/mol. The zero-order valence-corrected chi connectivity index (χ0v) is 17.7. The van der Waals surface area contributed by atoms with Gasteiger partial charge in [-0.25, -0.2) is 4.79 Å². The Bertz CT molecular complexity index is 1050. The molecule has 1 aromatic heterocycles. The molecule has 0 aliphatic carbocycles. The number of thiocarbonyl (C=S) groups is 1.